The molecule has 100 valence electrons. The van der Waals surface area contributed by atoms with Crippen molar-refractivity contribution in [2.24, 2.45) is 0 Å². The van der Waals surface area contributed by atoms with Gasteiger partial charge in [0.25, 0.3) is 0 Å². The maximum absolute atomic E-state index is 5.29. The van der Waals surface area contributed by atoms with E-state index in [0.717, 1.165) is 11.9 Å². The van der Waals surface area contributed by atoms with E-state index < -0.39 is 0 Å². The zero-order chi connectivity index (χ0) is 12.6. The summed E-state index contributed by atoms with van der Waals surface area (Å²) < 4.78 is 21.0. The van der Waals surface area contributed by atoms with Gasteiger partial charge in [0.1, 0.15) is 0 Å². The highest BCUT2D eigenvalue weighted by Crippen LogP contribution is 1.85. The predicted octanol–water partition coefficient (Wildman–Crippen LogP) is 1.47. The van der Waals surface area contributed by atoms with Gasteiger partial charge in [-0.1, -0.05) is 15.9 Å². The van der Waals surface area contributed by atoms with Crippen molar-refractivity contribution >= 4 is 15.9 Å². The molecule has 0 aromatic rings. The summed E-state index contributed by atoms with van der Waals surface area (Å²) in [6.45, 7) is 4.87. The molecule has 4 nitrogen and oxygen atoms in total. The third kappa shape index (κ3) is 15.9. The summed E-state index contributed by atoms with van der Waals surface area (Å²) in [5.74, 6) is 2.51. The molecular weight excluding hydrogens is 288 g/mol. The van der Waals surface area contributed by atoms with Crippen LogP contribution in [0.3, 0.4) is 0 Å². The summed E-state index contributed by atoms with van der Waals surface area (Å²) in [6, 6.07) is 0. The van der Waals surface area contributed by atoms with Crippen LogP contribution in [0, 0.1) is 12.3 Å². The Morgan fingerprint density at radius 2 is 1.12 bits per heavy atom. The third-order valence-electron chi connectivity index (χ3n) is 1.73. The van der Waals surface area contributed by atoms with Crippen LogP contribution in [0.5, 0.6) is 0 Å². The second kappa shape index (κ2) is 15.9. The van der Waals surface area contributed by atoms with E-state index in [0.29, 0.717) is 52.7 Å². The maximum Gasteiger partial charge on any atom is 0.0701 e. The minimum absolute atomic E-state index is 0.577. The van der Waals surface area contributed by atoms with Crippen LogP contribution >= 0.6 is 15.9 Å². The quantitative estimate of drug-likeness (QED) is 0.293. The lowest BCUT2D eigenvalue weighted by Crippen LogP contribution is -2.12. The standard InChI is InChI=1S/C12H21BrO4/c1-2-3-5-14-7-9-16-11-12-17-10-8-15-6-4-13/h1H,3-12H2. The van der Waals surface area contributed by atoms with Crippen molar-refractivity contribution in [1.29, 1.82) is 0 Å². The van der Waals surface area contributed by atoms with Gasteiger partial charge < -0.3 is 18.9 Å². The SMILES string of the molecule is C#CCCOCCOCCOCCOCCBr. The van der Waals surface area contributed by atoms with Crippen molar-refractivity contribution in [2.45, 2.75) is 6.42 Å². The maximum atomic E-state index is 5.29. The van der Waals surface area contributed by atoms with Crippen molar-refractivity contribution in [3.05, 3.63) is 0 Å². The molecule has 0 saturated heterocycles. The Morgan fingerprint density at radius 1 is 0.706 bits per heavy atom. The second-order valence-corrected chi connectivity index (χ2v) is 3.89. The molecule has 0 aliphatic rings. The van der Waals surface area contributed by atoms with Crippen LogP contribution in [-0.2, 0) is 18.9 Å². The molecule has 5 heteroatoms. The van der Waals surface area contributed by atoms with Gasteiger partial charge in [0.2, 0.25) is 0 Å². The van der Waals surface area contributed by atoms with Gasteiger partial charge in [-0.05, 0) is 0 Å². The van der Waals surface area contributed by atoms with E-state index in [1.54, 1.807) is 0 Å². The molecule has 0 N–H and O–H groups in total. The molecule has 0 saturated carbocycles. The molecule has 0 aromatic carbocycles. The highest BCUT2D eigenvalue weighted by Gasteiger charge is 1.91. The van der Waals surface area contributed by atoms with E-state index in [9.17, 15) is 0 Å². The molecule has 0 aromatic heterocycles. The average Bonchev–Trinajstić information content (AvgIpc) is 2.35. The third-order valence-corrected chi connectivity index (χ3v) is 2.05. The second-order valence-electron chi connectivity index (χ2n) is 3.09. The number of hydrogen-bond acceptors (Lipinski definition) is 4. The number of terminal acetylenes is 1. The summed E-state index contributed by atoms with van der Waals surface area (Å²) in [7, 11) is 0. The van der Waals surface area contributed by atoms with Crippen LogP contribution in [0.25, 0.3) is 0 Å². The number of alkyl halides is 1. The number of rotatable bonds is 13. The predicted molar refractivity (Wildman–Crippen MR) is 70.5 cm³/mol. The summed E-state index contributed by atoms with van der Waals surface area (Å²) in [6.07, 6.45) is 5.73. The van der Waals surface area contributed by atoms with Crippen molar-refractivity contribution in [2.75, 3.05) is 58.2 Å². The molecule has 0 radical (unpaired) electrons. The first-order valence-electron chi connectivity index (χ1n) is 5.72. The monoisotopic (exact) mass is 308 g/mol. The zero-order valence-electron chi connectivity index (χ0n) is 10.2. The summed E-state index contributed by atoms with van der Waals surface area (Å²) in [5, 5.41) is 0.857. The number of hydrogen-bond donors (Lipinski definition) is 0. The van der Waals surface area contributed by atoms with Gasteiger partial charge in [-0.15, -0.1) is 12.3 Å². The van der Waals surface area contributed by atoms with E-state index in [1.807, 2.05) is 0 Å². The first kappa shape index (κ1) is 16.9. The molecule has 0 aliphatic heterocycles. The van der Waals surface area contributed by atoms with Crippen molar-refractivity contribution in [3.63, 3.8) is 0 Å². The molecular formula is C12H21BrO4. The number of halogens is 1. The van der Waals surface area contributed by atoms with Crippen molar-refractivity contribution < 1.29 is 18.9 Å². The molecule has 0 heterocycles. The normalized spacial score (nSPS) is 10.4. The fourth-order valence-electron chi connectivity index (χ4n) is 0.947. The Labute approximate surface area is 112 Å². The topological polar surface area (TPSA) is 36.9 Å². The van der Waals surface area contributed by atoms with E-state index in [2.05, 4.69) is 21.9 Å². The lowest BCUT2D eigenvalue weighted by Gasteiger charge is -2.06. The van der Waals surface area contributed by atoms with Crippen LogP contribution in [0.2, 0.25) is 0 Å². The first-order chi connectivity index (χ1) is 8.41. The van der Waals surface area contributed by atoms with E-state index in [1.165, 1.54) is 0 Å². The van der Waals surface area contributed by atoms with Crippen LogP contribution < -0.4 is 0 Å². The highest BCUT2D eigenvalue weighted by molar-refractivity contribution is 9.09. The van der Waals surface area contributed by atoms with Gasteiger partial charge in [0.15, 0.2) is 0 Å². The summed E-state index contributed by atoms with van der Waals surface area (Å²) >= 11 is 3.27. The van der Waals surface area contributed by atoms with E-state index in [4.69, 9.17) is 25.4 Å². The molecule has 0 rings (SSSR count). The Morgan fingerprint density at radius 3 is 1.53 bits per heavy atom. The minimum Gasteiger partial charge on any atom is -0.378 e. The Bertz CT molecular complexity index is 182. The first-order valence-corrected chi connectivity index (χ1v) is 6.84. The highest BCUT2D eigenvalue weighted by atomic mass is 79.9. The van der Waals surface area contributed by atoms with Crippen LogP contribution in [0.15, 0.2) is 0 Å². The lowest BCUT2D eigenvalue weighted by atomic mass is 10.5. The van der Waals surface area contributed by atoms with Crippen molar-refractivity contribution in [1.82, 2.24) is 0 Å². The minimum atomic E-state index is 0.577. The van der Waals surface area contributed by atoms with Crippen LogP contribution in [0.4, 0.5) is 0 Å². The van der Waals surface area contributed by atoms with E-state index in [-0.39, 0.29) is 0 Å². The van der Waals surface area contributed by atoms with Crippen LogP contribution in [0.1, 0.15) is 6.42 Å². The number of ether oxygens (including phenoxy) is 4. The Hall–Kier alpha value is -0.120. The van der Waals surface area contributed by atoms with Gasteiger partial charge in [0.05, 0.1) is 52.9 Å². The summed E-state index contributed by atoms with van der Waals surface area (Å²) in [4.78, 5) is 0. The molecule has 0 fully saturated rings. The molecule has 0 amide bonds. The zero-order valence-corrected chi connectivity index (χ0v) is 11.7. The average molecular weight is 309 g/mol. The largest absolute Gasteiger partial charge is 0.378 e. The van der Waals surface area contributed by atoms with Crippen molar-refractivity contribution in [3.8, 4) is 12.3 Å². The summed E-state index contributed by atoms with van der Waals surface area (Å²) in [5.41, 5.74) is 0. The molecule has 0 atom stereocenters. The Balaban J connectivity index is 2.87. The van der Waals surface area contributed by atoms with Gasteiger partial charge in [-0.2, -0.15) is 0 Å². The molecule has 0 bridgehead atoms. The molecule has 0 unspecified atom stereocenters. The molecule has 17 heavy (non-hydrogen) atoms. The van der Waals surface area contributed by atoms with Gasteiger partial charge >= 0.3 is 0 Å². The van der Waals surface area contributed by atoms with Gasteiger partial charge in [-0.3, -0.25) is 0 Å². The molecule has 0 spiro atoms. The van der Waals surface area contributed by atoms with Crippen LogP contribution in [-0.4, -0.2) is 58.2 Å². The van der Waals surface area contributed by atoms with E-state index >= 15 is 0 Å². The van der Waals surface area contributed by atoms with Gasteiger partial charge in [-0.25, -0.2) is 0 Å². The fraction of sp³-hybridized carbons (Fsp3) is 0.833. The Kier molecular flexibility index (Phi) is 15.8. The lowest BCUT2D eigenvalue weighted by molar-refractivity contribution is 0.000459. The van der Waals surface area contributed by atoms with Gasteiger partial charge in [0, 0.05) is 11.8 Å². The fourth-order valence-corrected chi connectivity index (χ4v) is 1.18. The molecule has 0 aliphatic carbocycles. The smallest absolute Gasteiger partial charge is 0.0701 e.